The van der Waals surface area contributed by atoms with Gasteiger partial charge in [-0.3, -0.25) is 19.2 Å². The number of nitrogens with zero attached hydrogens (tertiary/aromatic N) is 2. The van der Waals surface area contributed by atoms with Crippen LogP contribution in [0.25, 0.3) is 0 Å². The highest BCUT2D eigenvalue weighted by Gasteiger charge is 2.59. The minimum Gasteiger partial charge on any atom is -0.444 e. The van der Waals surface area contributed by atoms with E-state index in [9.17, 15) is 14.4 Å². The van der Waals surface area contributed by atoms with E-state index in [1.807, 2.05) is 67.7 Å². The highest BCUT2D eigenvalue weighted by atomic mass is 28.4. The van der Waals surface area contributed by atoms with Crippen LogP contribution < -0.4 is 11.2 Å². The quantitative estimate of drug-likeness (QED) is 0.386. The lowest BCUT2D eigenvalue weighted by Gasteiger charge is -2.41. The summed E-state index contributed by atoms with van der Waals surface area (Å²) >= 11 is 0. The number of nitrogens with one attached hydrogen (secondary N) is 1. The number of carbonyl (C=O) groups excluding carboxylic acids is 1. The van der Waals surface area contributed by atoms with Gasteiger partial charge in [-0.1, -0.05) is 41.5 Å². The molecule has 9 nitrogen and oxygen atoms in total. The Kier molecular flexibility index (Phi) is 9.83. The molecule has 1 aromatic heterocycles. The summed E-state index contributed by atoms with van der Waals surface area (Å²) in [6.07, 6.45) is -5.14. The Hall–Kier alpha value is -1.84. The first-order valence-electron chi connectivity index (χ1n) is 13.7. The van der Waals surface area contributed by atoms with E-state index in [0.717, 1.165) is 10.6 Å². The summed E-state index contributed by atoms with van der Waals surface area (Å²) in [7, 11) is -5.16. The van der Waals surface area contributed by atoms with Crippen LogP contribution in [0.1, 0.15) is 68.5 Å². The van der Waals surface area contributed by atoms with Gasteiger partial charge in [-0.25, -0.2) is 18.4 Å². The Morgan fingerprint density at radius 3 is 1.93 bits per heavy atom. The smallest absolute Gasteiger partial charge is 0.412 e. The molecule has 13 heteroatoms. The van der Waals surface area contributed by atoms with Crippen LogP contribution in [0.15, 0.2) is 21.9 Å². The van der Waals surface area contributed by atoms with E-state index in [2.05, 4.69) is 4.98 Å². The van der Waals surface area contributed by atoms with Crippen molar-refractivity contribution in [2.75, 3.05) is 6.61 Å². The molecule has 230 valence electrons. The standard InChI is InChI=1S/C27H49F2N3O6Si2/c1-25(2,3)37-24(35)32-17(16-36-39(10,11)26(4,5)6)19(21(28)29)20(38-40(12,13)27(7,8)9)22(32)31-15-14-18(33)30-23(31)34/h14-15,17,19-22H,16H2,1-13H3,(H,30,33,34)/t17-,19-,20-,22+/m1/s1. The number of amides is 1. The molecule has 1 fully saturated rings. The Morgan fingerprint density at radius 2 is 1.50 bits per heavy atom. The van der Waals surface area contributed by atoms with Gasteiger partial charge >= 0.3 is 11.8 Å². The van der Waals surface area contributed by atoms with E-state index in [1.165, 1.54) is 11.1 Å². The lowest BCUT2D eigenvalue weighted by Crippen LogP contribution is -2.51. The number of H-pyrrole nitrogens is 1. The van der Waals surface area contributed by atoms with Crippen molar-refractivity contribution < 1.29 is 27.2 Å². The number of aromatic amines is 1. The molecule has 2 heterocycles. The van der Waals surface area contributed by atoms with Crippen molar-refractivity contribution in [1.29, 1.82) is 0 Å². The minimum absolute atomic E-state index is 0.184. The molecular weight excluding hydrogens is 556 g/mol. The van der Waals surface area contributed by atoms with Gasteiger partial charge in [0.1, 0.15) is 11.8 Å². The second-order valence-electron chi connectivity index (χ2n) is 14.7. The molecular formula is C27H49F2N3O6Si2. The van der Waals surface area contributed by atoms with E-state index >= 15 is 8.78 Å². The van der Waals surface area contributed by atoms with Gasteiger partial charge in [-0.15, -0.1) is 0 Å². The number of halogens is 2. The van der Waals surface area contributed by atoms with Gasteiger partial charge in [-0.2, -0.15) is 0 Å². The number of hydrogen-bond donors (Lipinski definition) is 1. The first-order chi connectivity index (χ1) is 17.8. The monoisotopic (exact) mass is 605 g/mol. The van der Waals surface area contributed by atoms with Crippen LogP contribution in [0, 0.1) is 5.92 Å². The molecule has 1 N–H and O–H groups in total. The summed E-state index contributed by atoms with van der Waals surface area (Å²) in [5.41, 5.74) is -2.43. The first-order valence-corrected chi connectivity index (χ1v) is 19.5. The molecule has 0 radical (unpaired) electrons. The van der Waals surface area contributed by atoms with Crippen molar-refractivity contribution in [2.24, 2.45) is 5.92 Å². The summed E-state index contributed by atoms with van der Waals surface area (Å²) in [4.78, 5) is 42.2. The van der Waals surface area contributed by atoms with Gasteiger partial charge in [0.05, 0.1) is 24.7 Å². The molecule has 1 saturated heterocycles. The average Bonchev–Trinajstić information content (AvgIpc) is 3.03. The van der Waals surface area contributed by atoms with Crippen molar-refractivity contribution in [1.82, 2.24) is 14.5 Å². The van der Waals surface area contributed by atoms with Crippen molar-refractivity contribution in [3.8, 4) is 0 Å². The Balaban J connectivity index is 2.84. The van der Waals surface area contributed by atoms with Gasteiger partial charge in [-0.05, 0) is 57.0 Å². The van der Waals surface area contributed by atoms with Gasteiger partial charge in [0.15, 0.2) is 16.6 Å². The molecule has 1 aromatic rings. The van der Waals surface area contributed by atoms with Crippen LogP contribution in [0.3, 0.4) is 0 Å². The fraction of sp³-hybridized carbons (Fsp3) is 0.815. The molecule has 2 rings (SSSR count). The molecule has 0 aromatic carbocycles. The fourth-order valence-electron chi connectivity index (χ4n) is 4.11. The molecule has 0 unspecified atom stereocenters. The van der Waals surface area contributed by atoms with Crippen LogP contribution in [-0.2, 0) is 13.6 Å². The van der Waals surface area contributed by atoms with E-state index < -0.39 is 70.2 Å². The number of carbonyl (C=O) groups is 1. The molecule has 4 atom stereocenters. The zero-order valence-electron chi connectivity index (χ0n) is 26.3. The van der Waals surface area contributed by atoms with Crippen LogP contribution in [0.5, 0.6) is 0 Å². The van der Waals surface area contributed by atoms with Crippen LogP contribution in [0.4, 0.5) is 13.6 Å². The number of rotatable bonds is 7. The topological polar surface area (TPSA) is 103 Å². The highest BCUT2D eigenvalue weighted by molar-refractivity contribution is 6.74. The first kappa shape index (κ1) is 34.4. The average molecular weight is 606 g/mol. The van der Waals surface area contributed by atoms with Crippen molar-refractivity contribution >= 4 is 22.7 Å². The summed E-state index contributed by atoms with van der Waals surface area (Å²) in [5.74, 6) is -1.49. The SMILES string of the molecule is CC(C)(C)OC(=O)N1[C@H](CO[Si](C)(C)C(C)(C)C)[C@@H](C(F)F)[C@@H](O[Si](C)(C)C(C)(C)C)[C@H]1n1ccc(=O)[nH]c1=O. The molecule has 0 aliphatic carbocycles. The van der Waals surface area contributed by atoms with Gasteiger partial charge in [0.2, 0.25) is 6.43 Å². The number of ether oxygens (including phenoxy) is 1. The minimum atomic E-state index is -2.91. The van der Waals surface area contributed by atoms with E-state index in [0.29, 0.717) is 0 Å². The Bertz CT molecular complexity index is 1160. The summed E-state index contributed by atoms with van der Waals surface area (Å²) in [6.45, 7) is 24.8. The van der Waals surface area contributed by atoms with Crippen LogP contribution >= 0.6 is 0 Å². The van der Waals surface area contributed by atoms with Gasteiger partial charge < -0.3 is 13.6 Å². The predicted octanol–water partition coefficient (Wildman–Crippen LogP) is 5.95. The lowest BCUT2D eigenvalue weighted by atomic mass is 9.98. The van der Waals surface area contributed by atoms with Crippen molar-refractivity contribution in [3.63, 3.8) is 0 Å². The third kappa shape index (κ3) is 7.51. The van der Waals surface area contributed by atoms with E-state index in [4.69, 9.17) is 13.6 Å². The second-order valence-corrected chi connectivity index (χ2v) is 24.3. The van der Waals surface area contributed by atoms with E-state index in [-0.39, 0.29) is 16.7 Å². The molecule has 0 bridgehead atoms. The Morgan fingerprint density at radius 1 is 0.975 bits per heavy atom. The second kappa shape index (κ2) is 11.4. The number of hydrogen-bond acceptors (Lipinski definition) is 6. The van der Waals surface area contributed by atoms with Gasteiger partial charge in [0, 0.05) is 12.3 Å². The maximum Gasteiger partial charge on any atom is 0.412 e. The predicted molar refractivity (Wildman–Crippen MR) is 157 cm³/mol. The molecule has 0 spiro atoms. The molecule has 1 amide bonds. The molecule has 1 aliphatic heterocycles. The summed E-state index contributed by atoms with van der Waals surface area (Å²) in [6, 6.07) is -0.0443. The molecule has 40 heavy (non-hydrogen) atoms. The third-order valence-corrected chi connectivity index (χ3v) is 17.4. The Labute approximate surface area is 238 Å². The van der Waals surface area contributed by atoms with Crippen LogP contribution in [-0.4, -0.2) is 68.0 Å². The molecule has 0 saturated carbocycles. The maximum atomic E-state index is 15.2. The van der Waals surface area contributed by atoms with Crippen molar-refractivity contribution in [2.45, 2.75) is 129 Å². The lowest BCUT2D eigenvalue weighted by molar-refractivity contribution is -0.0101. The van der Waals surface area contributed by atoms with Gasteiger partial charge in [0.25, 0.3) is 5.56 Å². The fourth-order valence-corrected chi connectivity index (χ4v) is 6.45. The number of aromatic nitrogens is 2. The molecule has 1 aliphatic rings. The van der Waals surface area contributed by atoms with Crippen molar-refractivity contribution in [3.05, 3.63) is 33.1 Å². The maximum absolute atomic E-state index is 15.2. The van der Waals surface area contributed by atoms with E-state index in [1.54, 1.807) is 20.8 Å². The normalized spacial score (nSPS) is 23.1. The van der Waals surface area contributed by atoms with Crippen LogP contribution in [0.2, 0.25) is 36.3 Å². The zero-order chi connectivity index (χ0) is 31.2. The third-order valence-electron chi connectivity index (χ3n) is 8.45. The largest absolute Gasteiger partial charge is 0.444 e. The highest BCUT2D eigenvalue weighted by Crippen LogP contribution is 2.48. The summed E-state index contributed by atoms with van der Waals surface area (Å²) in [5, 5.41) is -0.568. The zero-order valence-corrected chi connectivity index (χ0v) is 28.3. The summed E-state index contributed by atoms with van der Waals surface area (Å²) < 4.78 is 50.2. The number of alkyl halides is 2. The number of likely N-dealkylation sites (tertiary alicyclic amines) is 1.